The van der Waals surface area contributed by atoms with Crippen molar-refractivity contribution in [3.05, 3.63) is 29.8 Å². The summed E-state index contributed by atoms with van der Waals surface area (Å²) in [5.41, 5.74) is 0.111. The summed E-state index contributed by atoms with van der Waals surface area (Å²) in [6.45, 7) is 3.95. The first-order valence-electron chi connectivity index (χ1n) is 7.14. The highest BCUT2D eigenvalue weighted by atomic mass is 19.1. The molecule has 0 aliphatic carbocycles. The van der Waals surface area contributed by atoms with Crippen LogP contribution in [0.3, 0.4) is 0 Å². The molecule has 0 unspecified atom stereocenters. The Bertz CT molecular complexity index is 435. The third kappa shape index (κ3) is 7.15. The Morgan fingerprint density at radius 2 is 1.86 bits per heavy atom. The highest BCUT2D eigenvalue weighted by molar-refractivity contribution is 5.90. The molecule has 0 saturated heterocycles. The number of nitrogens with zero attached hydrogens (tertiary/aromatic N) is 1. The number of halogens is 2. The molecule has 0 saturated carbocycles. The quantitative estimate of drug-likeness (QED) is 0.736. The zero-order valence-electron chi connectivity index (χ0n) is 12.2. The predicted octanol–water partition coefficient (Wildman–Crippen LogP) is 2.39. The normalized spacial score (nSPS) is 10.9. The molecule has 0 heterocycles. The zero-order valence-corrected chi connectivity index (χ0v) is 12.2. The minimum atomic E-state index is -0.727. The summed E-state index contributed by atoms with van der Waals surface area (Å²) in [6, 6.07) is 2.90. The van der Waals surface area contributed by atoms with E-state index in [4.69, 9.17) is 5.11 Å². The molecule has 6 heteroatoms. The van der Waals surface area contributed by atoms with Gasteiger partial charge in [-0.2, -0.15) is 0 Å². The van der Waals surface area contributed by atoms with Crippen LogP contribution in [0.2, 0.25) is 0 Å². The second-order valence-corrected chi connectivity index (χ2v) is 4.88. The van der Waals surface area contributed by atoms with Crippen LogP contribution in [0.15, 0.2) is 18.2 Å². The molecule has 1 aromatic rings. The summed E-state index contributed by atoms with van der Waals surface area (Å²) in [7, 11) is 0. The molecule has 0 radical (unpaired) electrons. The van der Waals surface area contributed by atoms with Gasteiger partial charge in [-0.25, -0.2) is 8.78 Å². The number of nitrogens with one attached hydrogen (secondary N) is 1. The number of aliphatic hydroxyl groups is 1. The minimum absolute atomic E-state index is 0.0421. The molecule has 118 valence electrons. The van der Waals surface area contributed by atoms with Crippen molar-refractivity contribution in [3.8, 4) is 0 Å². The van der Waals surface area contributed by atoms with Crippen LogP contribution in [-0.2, 0) is 4.79 Å². The van der Waals surface area contributed by atoms with Crippen LogP contribution in [0.4, 0.5) is 14.5 Å². The molecule has 1 rings (SSSR count). The zero-order chi connectivity index (χ0) is 15.7. The van der Waals surface area contributed by atoms with E-state index in [-0.39, 0.29) is 24.6 Å². The smallest absolute Gasteiger partial charge is 0.225 e. The van der Waals surface area contributed by atoms with E-state index in [1.807, 2.05) is 4.90 Å². The summed E-state index contributed by atoms with van der Waals surface area (Å²) < 4.78 is 26.0. The molecule has 0 fully saturated rings. The van der Waals surface area contributed by atoms with Gasteiger partial charge in [-0.15, -0.1) is 0 Å². The summed E-state index contributed by atoms with van der Waals surface area (Å²) in [5.74, 6) is -1.76. The van der Waals surface area contributed by atoms with E-state index in [1.54, 1.807) is 0 Å². The highest BCUT2D eigenvalue weighted by Gasteiger charge is 2.09. The van der Waals surface area contributed by atoms with Crippen LogP contribution in [0.25, 0.3) is 0 Å². The molecule has 1 aromatic carbocycles. The van der Waals surface area contributed by atoms with Gasteiger partial charge in [0.1, 0.15) is 11.6 Å². The summed E-state index contributed by atoms with van der Waals surface area (Å²) in [5, 5.41) is 11.4. The average Bonchev–Trinajstić information content (AvgIpc) is 2.40. The van der Waals surface area contributed by atoms with Crippen molar-refractivity contribution in [3.63, 3.8) is 0 Å². The number of carbonyl (C=O) groups excluding carboxylic acids is 1. The number of unbranched alkanes of at least 4 members (excludes halogenated alkanes) is 1. The predicted molar refractivity (Wildman–Crippen MR) is 78.0 cm³/mol. The number of rotatable bonds is 9. The van der Waals surface area contributed by atoms with Gasteiger partial charge in [0, 0.05) is 31.3 Å². The Morgan fingerprint density at radius 1 is 1.19 bits per heavy atom. The van der Waals surface area contributed by atoms with Gasteiger partial charge >= 0.3 is 0 Å². The number of benzene rings is 1. The first-order valence-corrected chi connectivity index (χ1v) is 7.14. The second-order valence-electron chi connectivity index (χ2n) is 4.88. The molecule has 0 spiro atoms. The van der Waals surface area contributed by atoms with Crippen LogP contribution in [0, 0.1) is 11.6 Å². The van der Waals surface area contributed by atoms with Gasteiger partial charge in [0.2, 0.25) is 5.91 Å². The number of amides is 1. The fourth-order valence-electron chi connectivity index (χ4n) is 1.97. The SMILES string of the molecule is CCCCN(CCO)CCC(=O)Nc1cc(F)cc(F)c1. The Labute approximate surface area is 123 Å². The molecule has 0 aliphatic heterocycles. The van der Waals surface area contributed by atoms with Gasteiger partial charge < -0.3 is 15.3 Å². The van der Waals surface area contributed by atoms with Crippen LogP contribution in [-0.4, -0.2) is 42.2 Å². The molecule has 0 aromatic heterocycles. The maximum Gasteiger partial charge on any atom is 0.225 e. The number of aliphatic hydroxyl groups excluding tert-OH is 1. The largest absolute Gasteiger partial charge is 0.395 e. The standard InChI is InChI=1S/C15H22F2N2O2/c1-2-3-5-19(7-8-20)6-4-15(21)18-14-10-12(16)9-13(17)11-14/h9-11,20H,2-8H2,1H3,(H,18,21). The first-order chi connectivity index (χ1) is 10.0. The number of carbonyl (C=O) groups is 1. The summed E-state index contributed by atoms with van der Waals surface area (Å²) >= 11 is 0. The lowest BCUT2D eigenvalue weighted by Crippen LogP contribution is -2.31. The molecule has 1 amide bonds. The molecule has 2 N–H and O–H groups in total. The lowest BCUT2D eigenvalue weighted by Gasteiger charge is -2.20. The lowest BCUT2D eigenvalue weighted by molar-refractivity contribution is -0.116. The van der Waals surface area contributed by atoms with E-state index in [9.17, 15) is 13.6 Å². The van der Waals surface area contributed by atoms with Gasteiger partial charge in [0.25, 0.3) is 0 Å². The van der Waals surface area contributed by atoms with Crippen molar-refractivity contribution in [2.24, 2.45) is 0 Å². The Kier molecular flexibility index (Phi) is 7.85. The summed E-state index contributed by atoms with van der Waals surface area (Å²) in [4.78, 5) is 13.8. The van der Waals surface area contributed by atoms with Crippen LogP contribution >= 0.6 is 0 Å². The van der Waals surface area contributed by atoms with E-state index in [2.05, 4.69) is 12.2 Å². The second kappa shape index (κ2) is 9.41. The monoisotopic (exact) mass is 300 g/mol. The van der Waals surface area contributed by atoms with Crippen molar-refractivity contribution >= 4 is 11.6 Å². The molecule has 0 bridgehead atoms. The van der Waals surface area contributed by atoms with E-state index in [0.717, 1.165) is 37.6 Å². The van der Waals surface area contributed by atoms with Crippen molar-refractivity contribution in [2.45, 2.75) is 26.2 Å². The van der Waals surface area contributed by atoms with E-state index >= 15 is 0 Å². The maximum absolute atomic E-state index is 13.0. The number of hydrogen-bond donors (Lipinski definition) is 2. The fourth-order valence-corrected chi connectivity index (χ4v) is 1.97. The van der Waals surface area contributed by atoms with Crippen molar-refractivity contribution in [1.29, 1.82) is 0 Å². The van der Waals surface area contributed by atoms with Crippen molar-refractivity contribution < 1.29 is 18.7 Å². The Balaban J connectivity index is 2.44. The van der Waals surface area contributed by atoms with Crippen LogP contribution in [0.5, 0.6) is 0 Å². The highest BCUT2D eigenvalue weighted by Crippen LogP contribution is 2.13. The molecule has 4 nitrogen and oxygen atoms in total. The fraction of sp³-hybridized carbons (Fsp3) is 0.533. The van der Waals surface area contributed by atoms with Gasteiger partial charge in [-0.05, 0) is 25.1 Å². The molecular formula is C15H22F2N2O2. The topological polar surface area (TPSA) is 52.6 Å². The summed E-state index contributed by atoms with van der Waals surface area (Å²) in [6.07, 6.45) is 2.25. The molecule has 21 heavy (non-hydrogen) atoms. The Hall–Kier alpha value is -1.53. The number of anilines is 1. The van der Waals surface area contributed by atoms with Crippen molar-refractivity contribution in [1.82, 2.24) is 4.90 Å². The van der Waals surface area contributed by atoms with Gasteiger partial charge in [-0.3, -0.25) is 4.79 Å². The van der Waals surface area contributed by atoms with E-state index in [0.29, 0.717) is 13.1 Å². The Morgan fingerprint density at radius 3 is 2.43 bits per heavy atom. The first kappa shape index (κ1) is 17.5. The van der Waals surface area contributed by atoms with E-state index in [1.165, 1.54) is 0 Å². The molecule has 0 aliphatic rings. The molecular weight excluding hydrogens is 278 g/mol. The van der Waals surface area contributed by atoms with Crippen LogP contribution in [0.1, 0.15) is 26.2 Å². The molecule has 0 atom stereocenters. The lowest BCUT2D eigenvalue weighted by atomic mass is 10.2. The third-order valence-electron chi connectivity index (χ3n) is 3.05. The maximum atomic E-state index is 13.0. The van der Waals surface area contributed by atoms with Gasteiger partial charge in [0.15, 0.2) is 0 Å². The van der Waals surface area contributed by atoms with Gasteiger partial charge in [0.05, 0.1) is 6.61 Å². The number of hydrogen-bond acceptors (Lipinski definition) is 3. The van der Waals surface area contributed by atoms with Gasteiger partial charge in [-0.1, -0.05) is 13.3 Å². The van der Waals surface area contributed by atoms with E-state index < -0.39 is 11.6 Å². The van der Waals surface area contributed by atoms with Crippen LogP contribution < -0.4 is 5.32 Å². The van der Waals surface area contributed by atoms with Crippen molar-refractivity contribution in [2.75, 3.05) is 31.6 Å². The average molecular weight is 300 g/mol. The minimum Gasteiger partial charge on any atom is -0.395 e. The third-order valence-corrected chi connectivity index (χ3v) is 3.05.